The fourth-order valence-electron chi connectivity index (χ4n) is 2.52. The number of carbonyl (C=O) groups is 1. The Balaban J connectivity index is 1.70. The van der Waals surface area contributed by atoms with Gasteiger partial charge in [-0.15, -0.1) is 0 Å². The minimum absolute atomic E-state index is 0.0832. The summed E-state index contributed by atoms with van der Waals surface area (Å²) in [4.78, 5) is 17.2. The van der Waals surface area contributed by atoms with Crippen LogP contribution in [0.5, 0.6) is 0 Å². The number of pyridine rings is 1. The van der Waals surface area contributed by atoms with Crippen LogP contribution in [-0.4, -0.2) is 25.7 Å². The molecule has 0 atom stereocenters. The predicted octanol–water partition coefficient (Wildman–Crippen LogP) is 2.67. The van der Waals surface area contributed by atoms with E-state index >= 15 is 0 Å². The van der Waals surface area contributed by atoms with Crippen LogP contribution in [0.1, 0.15) is 46.1 Å². The van der Waals surface area contributed by atoms with Crippen LogP contribution in [0.2, 0.25) is 0 Å². The lowest BCUT2D eigenvalue weighted by Gasteiger charge is -2.07. The molecule has 3 aromatic heterocycles. The molecule has 3 heterocycles. The monoisotopic (exact) mass is 294 g/mol. The first-order valence-corrected chi connectivity index (χ1v) is 7.21. The average molecular weight is 294 g/mol. The smallest absolute Gasteiger partial charge is 0.200 e. The molecule has 0 aromatic carbocycles. The molecule has 110 valence electrons. The van der Waals surface area contributed by atoms with Crippen LogP contribution in [0.4, 0.5) is 0 Å². The Labute approximate surface area is 126 Å². The van der Waals surface area contributed by atoms with Gasteiger partial charge in [-0.3, -0.25) is 4.79 Å². The van der Waals surface area contributed by atoms with Gasteiger partial charge >= 0.3 is 0 Å². The van der Waals surface area contributed by atoms with E-state index in [-0.39, 0.29) is 5.78 Å². The van der Waals surface area contributed by atoms with Gasteiger partial charge in [0.2, 0.25) is 0 Å². The number of hydrogen-bond donors (Lipinski definition) is 0. The summed E-state index contributed by atoms with van der Waals surface area (Å²) in [6.45, 7) is 1.82. The molecule has 0 bridgehead atoms. The molecule has 0 radical (unpaired) electrons. The second-order valence-electron chi connectivity index (χ2n) is 5.46. The summed E-state index contributed by atoms with van der Waals surface area (Å²) >= 11 is 0. The number of hydrogen-bond acceptors (Lipinski definition) is 5. The fraction of sp³-hybridized carbons (Fsp3) is 0.250. The molecule has 0 saturated heterocycles. The number of carbonyl (C=O) groups excluding carboxylic acids is 1. The van der Waals surface area contributed by atoms with Crippen molar-refractivity contribution >= 4 is 5.78 Å². The molecule has 6 nitrogen and oxygen atoms in total. The second kappa shape index (κ2) is 4.91. The Morgan fingerprint density at radius 1 is 1.32 bits per heavy atom. The minimum Gasteiger partial charge on any atom is -0.360 e. The van der Waals surface area contributed by atoms with Gasteiger partial charge in [-0.1, -0.05) is 5.16 Å². The van der Waals surface area contributed by atoms with Crippen LogP contribution >= 0.6 is 0 Å². The van der Waals surface area contributed by atoms with Gasteiger partial charge < -0.3 is 4.52 Å². The summed E-state index contributed by atoms with van der Waals surface area (Å²) in [7, 11) is 0. The second-order valence-corrected chi connectivity index (χ2v) is 5.46. The van der Waals surface area contributed by atoms with Crippen LogP contribution in [0.3, 0.4) is 0 Å². The van der Waals surface area contributed by atoms with Crippen molar-refractivity contribution < 1.29 is 9.32 Å². The maximum atomic E-state index is 12.7. The molecule has 1 saturated carbocycles. The minimum atomic E-state index is -0.0832. The lowest BCUT2D eigenvalue weighted by Crippen LogP contribution is -2.08. The molecule has 3 aromatic rings. The highest BCUT2D eigenvalue weighted by atomic mass is 16.5. The van der Waals surface area contributed by atoms with E-state index in [9.17, 15) is 4.79 Å². The Hall–Kier alpha value is -2.76. The van der Waals surface area contributed by atoms with Gasteiger partial charge in [-0.2, -0.15) is 5.10 Å². The lowest BCUT2D eigenvalue weighted by atomic mass is 10.0. The number of aryl methyl sites for hydroxylation is 1. The molecule has 1 aliphatic carbocycles. The van der Waals surface area contributed by atoms with E-state index in [0.29, 0.717) is 34.3 Å². The molecule has 0 aliphatic heterocycles. The molecule has 6 heteroatoms. The zero-order chi connectivity index (χ0) is 15.1. The first-order valence-electron chi connectivity index (χ1n) is 7.21. The van der Waals surface area contributed by atoms with Gasteiger partial charge in [0.05, 0.1) is 17.5 Å². The van der Waals surface area contributed by atoms with Crippen molar-refractivity contribution in [3.8, 4) is 5.82 Å². The summed E-state index contributed by atoms with van der Waals surface area (Å²) in [6.07, 6.45) is 7.14. The van der Waals surface area contributed by atoms with Crippen molar-refractivity contribution in [2.45, 2.75) is 25.7 Å². The standard InChI is InChI=1S/C16H14N4O2/c1-10-12(5-6-14(19-10)20-8-2-7-17-20)15(21)13-9-18-22-16(13)11-3-4-11/h2,5-9,11H,3-4H2,1H3. The summed E-state index contributed by atoms with van der Waals surface area (Å²) in [5.74, 6) is 1.66. The summed E-state index contributed by atoms with van der Waals surface area (Å²) < 4.78 is 6.91. The van der Waals surface area contributed by atoms with Crippen molar-refractivity contribution in [2.75, 3.05) is 0 Å². The maximum absolute atomic E-state index is 12.7. The molecule has 4 rings (SSSR count). The molecular weight excluding hydrogens is 280 g/mol. The lowest BCUT2D eigenvalue weighted by molar-refractivity contribution is 0.103. The third-order valence-corrected chi connectivity index (χ3v) is 3.85. The van der Waals surface area contributed by atoms with Crippen molar-refractivity contribution in [3.63, 3.8) is 0 Å². The first-order chi connectivity index (χ1) is 10.7. The van der Waals surface area contributed by atoms with Crippen LogP contribution in [0, 0.1) is 6.92 Å². The SMILES string of the molecule is Cc1nc(-n2cccn2)ccc1C(=O)c1cnoc1C1CC1. The Morgan fingerprint density at radius 2 is 2.18 bits per heavy atom. The average Bonchev–Trinajstić information content (AvgIpc) is 3.05. The van der Waals surface area contributed by atoms with Gasteiger partial charge in [0.15, 0.2) is 17.4 Å². The molecule has 1 aliphatic rings. The Bertz CT molecular complexity index is 832. The third-order valence-electron chi connectivity index (χ3n) is 3.85. The number of rotatable bonds is 4. The van der Waals surface area contributed by atoms with Gasteiger partial charge in [-0.05, 0) is 38.0 Å². The molecule has 0 amide bonds. The number of nitrogens with zero attached hydrogens (tertiary/aromatic N) is 4. The van der Waals surface area contributed by atoms with Crippen molar-refractivity contribution in [1.29, 1.82) is 0 Å². The van der Waals surface area contributed by atoms with Crippen LogP contribution in [-0.2, 0) is 0 Å². The third kappa shape index (κ3) is 2.13. The van der Waals surface area contributed by atoms with Gasteiger partial charge in [0, 0.05) is 23.9 Å². The number of ketones is 1. The molecule has 0 N–H and O–H groups in total. The van der Waals surface area contributed by atoms with Crippen LogP contribution < -0.4 is 0 Å². The van der Waals surface area contributed by atoms with E-state index in [1.54, 1.807) is 23.0 Å². The topological polar surface area (TPSA) is 73.8 Å². The summed E-state index contributed by atoms with van der Waals surface area (Å²) in [5, 5.41) is 7.93. The highest BCUT2D eigenvalue weighted by Crippen LogP contribution is 2.42. The molecular formula is C16H14N4O2. The zero-order valence-electron chi connectivity index (χ0n) is 12.1. The Kier molecular flexibility index (Phi) is 2.89. The van der Waals surface area contributed by atoms with Crippen molar-refractivity contribution in [3.05, 3.63) is 59.4 Å². The predicted molar refractivity (Wildman–Crippen MR) is 78.0 cm³/mol. The molecule has 22 heavy (non-hydrogen) atoms. The van der Waals surface area contributed by atoms with Gasteiger partial charge in [-0.25, -0.2) is 9.67 Å². The van der Waals surface area contributed by atoms with E-state index in [1.807, 2.05) is 19.2 Å². The highest BCUT2D eigenvalue weighted by molar-refractivity contribution is 6.10. The van der Waals surface area contributed by atoms with E-state index < -0.39 is 0 Å². The Morgan fingerprint density at radius 3 is 2.86 bits per heavy atom. The number of aromatic nitrogens is 4. The van der Waals surface area contributed by atoms with Crippen LogP contribution in [0.25, 0.3) is 5.82 Å². The maximum Gasteiger partial charge on any atom is 0.200 e. The van der Waals surface area contributed by atoms with Crippen LogP contribution in [0.15, 0.2) is 41.3 Å². The van der Waals surface area contributed by atoms with E-state index in [1.165, 1.54) is 6.20 Å². The van der Waals surface area contributed by atoms with E-state index in [2.05, 4.69) is 15.2 Å². The highest BCUT2D eigenvalue weighted by Gasteiger charge is 2.33. The first kappa shape index (κ1) is 12.9. The summed E-state index contributed by atoms with van der Waals surface area (Å²) in [5.41, 5.74) is 1.79. The van der Waals surface area contributed by atoms with E-state index in [0.717, 1.165) is 12.8 Å². The van der Waals surface area contributed by atoms with Crippen molar-refractivity contribution in [2.24, 2.45) is 0 Å². The fourth-order valence-corrected chi connectivity index (χ4v) is 2.52. The summed E-state index contributed by atoms with van der Waals surface area (Å²) in [6, 6.07) is 5.40. The van der Waals surface area contributed by atoms with Gasteiger partial charge in [0.1, 0.15) is 0 Å². The van der Waals surface area contributed by atoms with Crippen molar-refractivity contribution in [1.82, 2.24) is 19.9 Å². The largest absolute Gasteiger partial charge is 0.360 e. The molecule has 0 unspecified atom stereocenters. The zero-order valence-corrected chi connectivity index (χ0v) is 12.1. The quantitative estimate of drug-likeness (QED) is 0.692. The van der Waals surface area contributed by atoms with Gasteiger partial charge in [0.25, 0.3) is 0 Å². The molecule has 1 fully saturated rings. The van der Waals surface area contributed by atoms with E-state index in [4.69, 9.17) is 4.52 Å². The molecule has 0 spiro atoms. The normalized spacial score (nSPS) is 14.2.